The van der Waals surface area contributed by atoms with Crippen molar-refractivity contribution < 1.29 is 4.39 Å². The van der Waals surface area contributed by atoms with Crippen molar-refractivity contribution in [1.29, 1.82) is 5.26 Å². The zero-order valence-electron chi connectivity index (χ0n) is 10.1. The zero-order valence-corrected chi connectivity index (χ0v) is 10.1. The fourth-order valence-corrected chi connectivity index (χ4v) is 2.05. The van der Waals surface area contributed by atoms with E-state index in [4.69, 9.17) is 5.26 Å². The predicted octanol–water partition coefficient (Wildman–Crippen LogP) is 2.98. The van der Waals surface area contributed by atoms with Gasteiger partial charge in [0, 0.05) is 18.7 Å². The molecule has 0 heterocycles. The molecule has 2 rings (SSSR count). The minimum atomic E-state index is -0.294. The van der Waals surface area contributed by atoms with Gasteiger partial charge in [0.25, 0.3) is 0 Å². The standard InChI is InChI=1S/C14H17FN2/c1-2-14(5-6-14)10-17-9-12-4-3-11(8-16)7-13(12)15/h3-4,7,17H,2,5-6,9-10H2,1H3. The summed E-state index contributed by atoms with van der Waals surface area (Å²) in [5.74, 6) is -0.294. The SMILES string of the molecule is CCC1(CNCc2ccc(C#N)cc2F)CC1. The van der Waals surface area contributed by atoms with Crippen molar-refractivity contribution in [1.82, 2.24) is 5.32 Å². The van der Waals surface area contributed by atoms with E-state index in [9.17, 15) is 4.39 Å². The quantitative estimate of drug-likeness (QED) is 0.847. The van der Waals surface area contributed by atoms with Crippen LogP contribution in [-0.4, -0.2) is 6.54 Å². The van der Waals surface area contributed by atoms with E-state index in [-0.39, 0.29) is 5.82 Å². The topological polar surface area (TPSA) is 35.8 Å². The summed E-state index contributed by atoms with van der Waals surface area (Å²) in [5.41, 5.74) is 1.48. The second-order valence-electron chi connectivity index (χ2n) is 4.88. The van der Waals surface area contributed by atoms with E-state index in [2.05, 4.69) is 12.2 Å². The van der Waals surface area contributed by atoms with E-state index in [0.29, 0.717) is 23.1 Å². The van der Waals surface area contributed by atoms with Gasteiger partial charge in [-0.15, -0.1) is 0 Å². The summed E-state index contributed by atoms with van der Waals surface area (Å²) in [5, 5.41) is 12.0. The summed E-state index contributed by atoms with van der Waals surface area (Å²) in [7, 11) is 0. The van der Waals surface area contributed by atoms with Crippen molar-refractivity contribution in [3.8, 4) is 6.07 Å². The third-order valence-corrected chi connectivity index (χ3v) is 3.70. The first kappa shape index (κ1) is 12.1. The molecule has 2 nitrogen and oxygen atoms in total. The lowest BCUT2D eigenvalue weighted by atomic mass is 10.0. The van der Waals surface area contributed by atoms with Gasteiger partial charge in [0.05, 0.1) is 11.6 Å². The zero-order chi connectivity index (χ0) is 12.3. The average Bonchev–Trinajstić information content (AvgIpc) is 3.12. The Morgan fingerprint density at radius 2 is 2.24 bits per heavy atom. The molecule has 1 aliphatic carbocycles. The van der Waals surface area contributed by atoms with Crippen molar-refractivity contribution in [2.75, 3.05) is 6.54 Å². The Balaban J connectivity index is 1.89. The van der Waals surface area contributed by atoms with E-state index >= 15 is 0 Å². The van der Waals surface area contributed by atoms with Crippen LogP contribution >= 0.6 is 0 Å². The number of hydrogen-bond acceptors (Lipinski definition) is 2. The van der Waals surface area contributed by atoms with Crippen LogP contribution in [0.3, 0.4) is 0 Å². The summed E-state index contributed by atoms with van der Waals surface area (Å²) >= 11 is 0. The molecule has 0 aliphatic heterocycles. The van der Waals surface area contributed by atoms with Crippen LogP contribution in [0.4, 0.5) is 4.39 Å². The van der Waals surface area contributed by atoms with Gasteiger partial charge >= 0.3 is 0 Å². The Hall–Kier alpha value is -1.40. The van der Waals surface area contributed by atoms with Gasteiger partial charge in [0.1, 0.15) is 5.82 Å². The minimum absolute atomic E-state index is 0.294. The Bertz CT molecular complexity index is 444. The van der Waals surface area contributed by atoms with Crippen LogP contribution in [0.2, 0.25) is 0 Å². The second kappa shape index (κ2) is 4.85. The van der Waals surface area contributed by atoms with Gasteiger partial charge < -0.3 is 5.32 Å². The maximum atomic E-state index is 13.6. The lowest BCUT2D eigenvalue weighted by molar-refractivity contribution is 0.440. The van der Waals surface area contributed by atoms with Crippen molar-refractivity contribution >= 4 is 0 Å². The number of benzene rings is 1. The van der Waals surface area contributed by atoms with E-state index in [0.717, 1.165) is 6.54 Å². The molecule has 0 bridgehead atoms. The lowest BCUT2D eigenvalue weighted by Crippen LogP contribution is -2.23. The first-order valence-corrected chi connectivity index (χ1v) is 6.08. The first-order valence-electron chi connectivity index (χ1n) is 6.08. The number of nitrogens with zero attached hydrogens (tertiary/aromatic N) is 1. The number of rotatable bonds is 5. The highest BCUT2D eigenvalue weighted by Crippen LogP contribution is 2.47. The van der Waals surface area contributed by atoms with E-state index < -0.39 is 0 Å². The molecule has 0 aromatic heterocycles. The van der Waals surface area contributed by atoms with Gasteiger partial charge in [-0.25, -0.2) is 4.39 Å². The molecule has 17 heavy (non-hydrogen) atoms. The van der Waals surface area contributed by atoms with Gasteiger partial charge in [0.15, 0.2) is 0 Å². The van der Waals surface area contributed by atoms with Gasteiger partial charge in [0.2, 0.25) is 0 Å². The molecular formula is C14H17FN2. The van der Waals surface area contributed by atoms with Gasteiger partial charge in [-0.3, -0.25) is 0 Å². The summed E-state index contributed by atoms with van der Waals surface area (Å²) in [6.07, 6.45) is 3.76. The summed E-state index contributed by atoms with van der Waals surface area (Å²) in [6, 6.07) is 6.58. The third-order valence-electron chi connectivity index (χ3n) is 3.70. The van der Waals surface area contributed by atoms with Crippen LogP contribution in [-0.2, 0) is 6.54 Å². The Morgan fingerprint density at radius 3 is 2.76 bits per heavy atom. The Morgan fingerprint density at radius 1 is 1.47 bits per heavy atom. The van der Waals surface area contributed by atoms with Crippen molar-refractivity contribution in [3.63, 3.8) is 0 Å². The van der Waals surface area contributed by atoms with Crippen LogP contribution in [0.15, 0.2) is 18.2 Å². The molecule has 0 amide bonds. The third kappa shape index (κ3) is 2.83. The summed E-state index contributed by atoms with van der Waals surface area (Å²) in [6.45, 7) is 3.71. The van der Waals surface area contributed by atoms with E-state index in [1.165, 1.54) is 25.3 Å². The van der Waals surface area contributed by atoms with Crippen LogP contribution in [0.1, 0.15) is 37.3 Å². The Labute approximate surface area is 101 Å². The van der Waals surface area contributed by atoms with Crippen LogP contribution in [0.5, 0.6) is 0 Å². The largest absolute Gasteiger partial charge is 0.312 e. The average molecular weight is 232 g/mol. The normalized spacial score (nSPS) is 16.5. The van der Waals surface area contributed by atoms with Crippen molar-refractivity contribution in [2.24, 2.45) is 5.41 Å². The maximum Gasteiger partial charge on any atom is 0.129 e. The summed E-state index contributed by atoms with van der Waals surface area (Å²) in [4.78, 5) is 0. The van der Waals surface area contributed by atoms with E-state index in [1.807, 2.05) is 6.07 Å². The highest BCUT2D eigenvalue weighted by Gasteiger charge is 2.39. The van der Waals surface area contributed by atoms with E-state index in [1.54, 1.807) is 12.1 Å². The number of hydrogen-bond donors (Lipinski definition) is 1. The minimum Gasteiger partial charge on any atom is -0.312 e. The fraction of sp³-hybridized carbons (Fsp3) is 0.500. The predicted molar refractivity (Wildman–Crippen MR) is 64.8 cm³/mol. The molecule has 3 heteroatoms. The molecule has 0 radical (unpaired) electrons. The molecule has 0 saturated heterocycles. The van der Waals surface area contributed by atoms with Crippen LogP contribution in [0.25, 0.3) is 0 Å². The molecule has 0 spiro atoms. The lowest BCUT2D eigenvalue weighted by Gasteiger charge is -2.13. The molecule has 1 fully saturated rings. The van der Waals surface area contributed by atoms with Gasteiger partial charge in [-0.05, 0) is 36.8 Å². The molecule has 1 aromatic carbocycles. The Kier molecular flexibility index (Phi) is 3.44. The highest BCUT2D eigenvalue weighted by molar-refractivity contribution is 5.32. The molecular weight excluding hydrogens is 215 g/mol. The monoisotopic (exact) mass is 232 g/mol. The van der Waals surface area contributed by atoms with Crippen molar-refractivity contribution in [2.45, 2.75) is 32.7 Å². The van der Waals surface area contributed by atoms with Crippen molar-refractivity contribution in [3.05, 3.63) is 35.1 Å². The smallest absolute Gasteiger partial charge is 0.129 e. The maximum absolute atomic E-state index is 13.6. The molecule has 1 aliphatic rings. The molecule has 1 N–H and O–H groups in total. The van der Waals surface area contributed by atoms with Gasteiger partial charge in [-0.1, -0.05) is 13.0 Å². The highest BCUT2D eigenvalue weighted by atomic mass is 19.1. The number of nitrogens with one attached hydrogen (secondary N) is 1. The number of halogens is 1. The van der Waals surface area contributed by atoms with Crippen LogP contribution in [0, 0.1) is 22.6 Å². The molecule has 0 atom stereocenters. The fourth-order valence-electron chi connectivity index (χ4n) is 2.05. The summed E-state index contributed by atoms with van der Waals surface area (Å²) < 4.78 is 13.6. The van der Waals surface area contributed by atoms with Crippen LogP contribution < -0.4 is 5.32 Å². The molecule has 1 saturated carbocycles. The second-order valence-corrected chi connectivity index (χ2v) is 4.88. The molecule has 0 unspecified atom stereocenters. The van der Waals surface area contributed by atoms with Gasteiger partial charge in [-0.2, -0.15) is 5.26 Å². The molecule has 1 aromatic rings. The number of nitriles is 1. The first-order chi connectivity index (χ1) is 8.19. The molecule has 90 valence electrons.